The molecule has 1 fully saturated rings. The first-order chi connectivity index (χ1) is 17.9. The Morgan fingerprint density at radius 1 is 1.27 bits per heavy atom. The number of nitrogens with one attached hydrogen (secondary N) is 3. The Balaban J connectivity index is 1.47. The van der Waals surface area contributed by atoms with Gasteiger partial charge in [-0.15, -0.1) is 0 Å². The highest BCUT2D eigenvalue weighted by molar-refractivity contribution is 6.02. The maximum atomic E-state index is 13.8. The van der Waals surface area contributed by atoms with Gasteiger partial charge in [0.15, 0.2) is 0 Å². The van der Waals surface area contributed by atoms with Gasteiger partial charge < -0.3 is 25.3 Å². The van der Waals surface area contributed by atoms with Gasteiger partial charge in [-0.05, 0) is 61.1 Å². The van der Waals surface area contributed by atoms with Crippen LogP contribution in [0.25, 0.3) is 10.9 Å². The summed E-state index contributed by atoms with van der Waals surface area (Å²) in [4.78, 5) is 44.3. The molecule has 3 heterocycles. The first-order valence-electron chi connectivity index (χ1n) is 12.4. The number of hydrogen-bond donors (Lipinski definition) is 3. The molecule has 0 spiro atoms. The summed E-state index contributed by atoms with van der Waals surface area (Å²) in [6.45, 7) is 2.91. The van der Waals surface area contributed by atoms with Crippen LogP contribution in [0.1, 0.15) is 46.1 Å². The third kappa shape index (κ3) is 4.51. The Hall–Kier alpha value is -4.32. The van der Waals surface area contributed by atoms with E-state index in [4.69, 9.17) is 4.74 Å². The summed E-state index contributed by atoms with van der Waals surface area (Å²) in [5.41, 5.74) is 3.95. The zero-order valence-electron chi connectivity index (χ0n) is 20.8. The van der Waals surface area contributed by atoms with Gasteiger partial charge in [0.1, 0.15) is 23.5 Å². The lowest BCUT2D eigenvalue weighted by molar-refractivity contribution is -0.127. The van der Waals surface area contributed by atoms with E-state index in [1.54, 1.807) is 18.1 Å². The summed E-state index contributed by atoms with van der Waals surface area (Å²) in [6, 6.07) is 13.4. The number of ether oxygens (including phenoxy) is 1. The number of nitrogens with zero attached hydrogens (tertiary/aromatic N) is 2. The van der Waals surface area contributed by atoms with Crippen LogP contribution in [0.2, 0.25) is 0 Å². The summed E-state index contributed by atoms with van der Waals surface area (Å²) >= 11 is 0. The lowest BCUT2D eigenvalue weighted by Crippen LogP contribution is -2.49. The molecule has 2 aliphatic rings. The molecule has 1 aromatic heterocycles. The van der Waals surface area contributed by atoms with E-state index in [2.05, 4.69) is 21.7 Å². The van der Waals surface area contributed by atoms with Crippen molar-refractivity contribution in [3.05, 3.63) is 64.8 Å². The molecule has 2 aromatic carbocycles. The highest BCUT2D eigenvalue weighted by Crippen LogP contribution is 2.34. The topological polar surface area (TPSA) is 127 Å². The van der Waals surface area contributed by atoms with Crippen molar-refractivity contribution in [1.82, 2.24) is 20.5 Å². The van der Waals surface area contributed by atoms with E-state index in [9.17, 15) is 19.6 Å². The number of aryl methyl sites for hydroxylation is 1. The first kappa shape index (κ1) is 24.4. The van der Waals surface area contributed by atoms with Gasteiger partial charge in [-0.1, -0.05) is 24.3 Å². The van der Waals surface area contributed by atoms with Crippen molar-refractivity contribution in [3.8, 4) is 11.8 Å². The highest BCUT2D eigenvalue weighted by Gasteiger charge is 2.38. The van der Waals surface area contributed by atoms with Gasteiger partial charge in [-0.3, -0.25) is 14.4 Å². The smallest absolute Gasteiger partial charge is 0.271 e. The van der Waals surface area contributed by atoms with E-state index in [0.29, 0.717) is 37.4 Å². The predicted molar refractivity (Wildman–Crippen MR) is 137 cm³/mol. The molecule has 0 saturated carbocycles. The normalized spacial score (nSPS) is 19.6. The zero-order valence-corrected chi connectivity index (χ0v) is 20.8. The fraction of sp³-hybridized carbons (Fsp3) is 0.357. The fourth-order valence-corrected chi connectivity index (χ4v) is 5.48. The number of carbonyl (C=O) groups is 3. The number of methoxy groups -OCH3 is 1. The minimum atomic E-state index is -0.905. The molecule has 5 rings (SSSR count). The minimum absolute atomic E-state index is 0.0980. The largest absolute Gasteiger partial charge is 0.496 e. The Kier molecular flexibility index (Phi) is 6.57. The van der Waals surface area contributed by atoms with Gasteiger partial charge >= 0.3 is 0 Å². The van der Waals surface area contributed by atoms with Crippen molar-refractivity contribution >= 4 is 28.6 Å². The van der Waals surface area contributed by atoms with Crippen molar-refractivity contribution in [2.45, 2.75) is 38.3 Å². The van der Waals surface area contributed by atoms with Gasteiger partial charge in [-0.2, -0.15) is 5.26 Å². The molecule has 0 bridgehead atoms. The first-order valence-corrected chi connectivity index (χ1v) is 12.4. The van der Waals surface area contributed by atoms with Crippen molar-refractivity contribution in [2.24, 2.45) is 5.92 Å². The van der Waals surface area contributed by atoms with Crippen LogP contribution in [-0.2, 0) is 16.0 Å². The zero-order chi connectivity index (χ0) is 26.1. The van der Waals surface area contributed by atoms with Crippen LogP contribution < -0.4 is 15.4 Å². The Labute approximate surface area is 214 Å². The van der Waals surface area contributed by atoms with Crippen LogP contribution in [-0.4, -0.2) is 53.8 Å². The Morgan fingerprint density at radius 2 is 2.08 bits per heavy atom. The van der Waals surface area contributed by atoms with Crippen molar-refractivity contribution in [1.29, 1.82) is 5.26 Å². The Morgan fingerprint density at radius 3 is 2.81 bits per heavy atom. The minimum Gasteiger partial charge on any atom is -0.496 e. The second kappa shape index (κ2) is 9.97. The number of benzene rings is 2. The van der Waals surface area contributed by atoms with Gasteiger partial charge in [-0.25, -0.2) is 0 Å². The van der Waals surface area contributed by atoms with Gasteiger partial charge in [0.25, 0.3) is 5.91 Å². The summed E-state index contributed by atoms with van der Waals surface area (Å²) in [5.74, 6) is -0.508. The monoisotopic (exact) mass is 499 g/mol. The number of rotatable bonds is 6. The number of amides is 3. The summed E-state index contributed by atoms with van der Waals surface area (Å²) in [5, 5.41) is 16.1. The SMILES string of the molecule is COc1cccc2[nH]c(C(=O)N3CCc4c(C)cccc4[C@H]3C(=O)N[C@H](C#N)C[C@@H]3CCNC3=O)cc12. The molecular formula is C28H29N5O4. The van der Waals surface area contributed by atoms with Crippen molar-refractivity contribution in [3.63, 3.8) is 0 Å². The molecule has 0 radical (unpaired) electrons. The van der Waals surface area contributed by atoms with Gasteiger partial charge in [0.2, 0.25) is 11.8 Å². The predicted octanol–water partition coefficient (Wildman–Crippen LogP) is 2.76. The van der Waals surface area contributed by atoms with E-state index in [1.807, 2.05) is 43.3 Å². The fourth-order valence-electron chi connectivity index (χ4n) is 5.48. The summed E-state index contributed by atoms with van der Waals surface area (Å²) in [6.07, 6.45) is 1.48. The number of carbonyl (C=O) groups excluding carboxylic acids is 3. The molecular weight excluding hydrogens is 470 g/mol. The molecule has 3 amide bonds. The Bertz CT molecular complexity index is 1420. The van der Waals surface area contributed by atoms with Crippen LogP contribution in [0.15, 0.2) is 42.5 Å². The molecule has 3 atom stereocenters. The van der Waals surface area contributed by atoms with Crippen LogP contribution in [0, 0.1) is 24.2 Å². The van der Waals surface area contributed by atoms with E-state index >= 15 is 0 Å². The second-order valence-corrected chi connectivity index (χ2v) is 9.60. The van der Waals surface area contributed by atoms with Gasteiger partial charge in [0.05, 0.1) is 13.2 Å². The molecule has 9 heteroatoms. The molecule has 2 aliphatic heterocycles. The van der Waals surface area contributed by atoms with E-state index < -0.39 is 18.0 Å². The van der Waals surface area contributed by atoms with Crippen LogP contribution in [0.5, 0.6) is 5.75 Å². The van der Waals surface area contributed by atoms with Crippen molar-refractivity contribution in [2.75, 3.05) is 20.2 Å². The molecule has 1 saturated heterocycles. The quantitative estimate of drug-likeness (QED) is 0.481. The van der Waals surface area contributed by atoms with Crippen LogP contribution >= 0.6 is 0 Å². The second-order valence-electron chi connectivity index (χ2n) is 9.60. The number of fused-ring (bicyclic) bond motifs is 2. The molecule has 9 nitrogen and oxygen atoms in total. The average Bonchev–Trinajstić information content (AvgIpc) is 3.53. The third-order valence-corrected chi connectivity index (χ3v) is 7.39. The van der Waals surface area contributed by atoms with E-state index in [-0.39, 0.29) is 24.2 Å². The lowest BCUT2D eigenvalue weighted by atomic mass is 9.88. The average molecular weight is 500 g/mol. The maximum absolute atomic E-state index is 13.8. The molecule has 0 unspecified atom stereocenters. The number of aromatic amines is 1. The summed E-state index contributed by atoms with van der Waals surface area (Å²) < 4.78 is 5.44. The van der Waals surface area contributed by atoms with Crippen LogP contribution in [0.3, 0.4) is 0 Å². The molecule has 3 N–H and O–H groups in total. The molecule has 0 aliphatic carbocycles. The van der Waals surface area contributed by atoms with E-state index in [1.165, 1.54) is 0 Å². The molecule has 37 heavy (non-hydrogen) atoms. The number of aromatic nitrogens is 1. The standard InChI is InChI=1S/C28H29N5O4/c1-16-5-3-6-20-19(16)10-12-33(28(36)23-14-21-22(32-23)7-4-8-24(21)37-2)25(20)27(35)31-18(15-29)13-17-9-11-30-26(17)34/h3-8,14,17-18,25,32H,9-13H2,1-2H3,(H,30,34)(H,31,35)/t17-,18-,25-/m0/s1. The maximum Gasteiger partial charge on any atom is 0.271 e. The number of nitriles is 1. The molecule has 3 aromatic rings. The number of H-pyrrole nitrogens is 1. The third-order valence-electron chi connectivity index (χ3n) is 7.39. The van der Waals surface area contributed by atoms with Crippen LogP contribution in [0.4, 0.5) is 0 Å². The molecule has 190 valence electrons. The number of hydrogen-bond acceptors (Lipinski definition) is 5. The summed E-state index contributed by atoms with van der Waals surface area (Å²) in [7, 11) is 1.58. The van der Waals surface area contributed by atoms with Gasteiger partial charge in [0, 0.05) is 29.9 Å². The highest BCUT2D eigenvalue weighted by atomic mass is 16.5. The van der Waals surface area contributed by atoms with Crippen molar-refractivity contribution < 1.29 is 19.1 Å². The lowest BCUT2D eigenvalue weighted by Gasteiger charge is -2.37. The van der Waals surface area contributed by atoms with E-state index in [0.717, 1.165) is 27.6 Å².